The molecule has 0 nitrogen and oxygen atoms in total. The molecule has 0 saturated carbocycles. The van der Waals surface area contributed by atoms with Gasteiger partial charge >= 0.3 is 0 Å². The van der Waals surface area contributed by atoms with Crippen LogP contribution in [0.3, 0.4) is 0 Å². The fourth-order valence-electron chi connectivity index (χ4n) is 9.46. The monoisotopic (exact) mass is 570 g/mol. The van der Waals surface area contributed by atoms with Crippen molar-refractivity contribution in [3.05, 3.63) is 147 Å². The lowest BCUT2D eigenvalue weighted by atomic mass is 9.29. The van der Waals surface area contributed by atoms with Crippen molar-refractivity contribution in [3.8, 4) is 11.1 Å². The van der Waals surface area contributed by atoms with Crippen molar-refractivity contribution in [1.82, 2.24) is 0 Å². The lowest BCUT2D eigenvalue weighted by Gasteiger charge is -2.51. The van der Waals surface area contributed by atoms with Crippen molar-refractivity contribution in [2.75, 3.05) is 0 Å². The van der Waals surface area contributed by atoms with Gasteiger partial charge in [0.15, 0.2) is 0 Å². The number of benzene rings is 5. The summed E-state index contributed by atoms with van der Waals surface area (Å²) in [4.78, 5) is 0. The van der Waals surface area contributed by atoms with Crippen molar-refractivity contribution in [3.63, 3.8) is 0 Å². The third-order valence-electron chi connectivity index (χ3n) is 11.3. The third-order valence-corrected chi connectivity index (χ3v) is 11.3. The molecule has 44 heavy (non-hydrogen) atoms. The van der Waals surface area contributed by atoms with Gasteiger partial charge in [0, 0.05) is 16.7 Å². The maximum Gasteiger partial charge on any atom is 0.243 e. The zero-order valence-electron chi connectivity index (χ0n) is 27.2. The molecule has 3 aliphatic rings. The second-order valence-corrected chi connectivity index (χ2v) is 14.6. The summed E-state index contributed by atoms with van der Waals surface area (Å²) < 4.78 is 0. The zero-order valence-corrected chi connectivity index (χ0v) is 27.2. The van der Waals surface area contributed by atoms with Gasteiger partial charge in [-0.3, -0.25) is 0 Å². The van der Waals surface area contributed by atoms with Crippen LogP contribution in [0, 0.1) is 0 Å². The van der Waals surface area contributed by atoms with Gasteiger partial charge in [-0.2, -0.15) is 0 Å². The topological polar surface area (TPSA) is 0 Å². The van der Waals surface area contributed by atoms with Gasteiger partial charge in [-0.05, 0) is 68.5 Å². The van der Waals surface area contributed by atoms with Crippen LogP contribution in [0.1, 0.15) is 110 Å². The Morgan fingerprint density at radius 2 is 1.09 bits per heavy atom. The van der Waals surface area contributed by atoms with E-state index in [-0.39, 0.29) is 17.5 Å². The highest BCUT2D eigenvalue weighted by Crippen LogP contribution is 2.57. The summed E-state index contributed by atoms with van der Waals surface area (Å²) in [5.74, 6) is 0.296. The Labute approximate surface area is 264 Å². The standard InChI is InChI=1S/C43H43B/c1-7-15-27-25-29(16-8-2)41(30(26-27)28-17-10-9-11-18-28)44-35-23-13-21-33-38(35)40-37-31(42(33,3)4)19-12-20-32(37)43(5,6)34-22-14-24-36(44)39(34)40/h9-14,17-26,40H,7-8,15-16H2,1-6H3. The lowest BCUT2D eigenvalue weighted by molar-refractivity contribution is 0.549. The van der Waals surface area contributed by atoms with Crippen LogP contribution in [0.15, 0.2) is 97.1 Å². The maximum atomic E-state index is 2.56. The molecule has 0 saturated heterocycles. The highest BCUT2D eigenvalue weighted by atomic mass is 14.5. The van der Waals surface area contributed by atoms with Gasteiger partial charge in [0.1, 0.15) is 0 Å². The minimum atomic E-state index is -0.0584. The molecule has 0 spiro atoms. The van der Waals surface area contributed by atoms with Gasteiger partial charge in [-0.1, -0.05) is 173 Å². The summed E-state index contributed by atoms with van der Waals surface area (Å²) in [5.41, 5.74) is 21.0. The van der Waals surface area contributed by atoms with Crippen molar-refractivity contribution >= 4 is 23.1 Å². The molecule has 0 atom stereocenters. The fourth-order valence-corrected chi connectivity index (χ4v) is 9.46. The van der Waals surface area contributed by atoms with Crippen molar-refractivity contribution < 1.29 is 0 Å². The van der Waals surface area contributed by atoms with E-state index in [0.717, 1.165) is 25.7 Å². The molecule has 0 fully saturated rings. The van der Waals surface area contributed by atoms with Crippen LogP contribution in [0.2, 0.25) is 0 Å². The molecule has 218 valence electrons. The minimum absolute atomic E-state index is 0.0584. The van der Waals surface area contributed by atoms with E-state index in [0.29, 0.717) is 5.92 Å². The van der Waals surface area contributed by atoms with Crippen molar-refractivity contribution in [1.29, 1.82) is 0 Å². The maximum absolute atomic E-state index is 2.56. The Kier molecular flexibility index (Phi) is 6.19. The van der Waals surface area contributed by atoms with Crippen LogP contribution in [0.25, 0.3) is 11.1 Å². The van der Waals surface area contributed by atoms with Gasteiger partial charge in [-0.25, -0.2) is 0 Å². The molecule has 0 bridgehead atoms. The van der Waals surface area contributed by atoms with Crippen LogP contribution in [-0.2, 0) is 23.7 Å². The molecular weight excluding hydrogens is 527 g/mol. The summed E-state index contributed by atoms with van der Waals surface area (Å²) >= 11 is 0. The van der Waals surface area contributed by atoms with Crippen molar-refractivity contribution in [2.45, 2.75) is 84.0 Å². The Morgan fingerprint density at radius 3 is 1.64 bits per heavy atom. The Morgan fingerprint density at radius 1 is 0.568 bits per heavy atom. The molecule has 5 aromatic carbocycles. The summed E-state index contributed by atoms with van der Waals surface area (Å²) in [6.07, 6.45) is 4.52. The van der Waals surface area contributed by atoms with E-state index >= 15 is 0 Å². The number of aryl methyl sites for hydroxylation is 2. The first-order chi connectivity index (χ1) is 21.3. The molecular formula is C43H43B. The normalized spacial score (nSPS) is 16.5. The van der Waals surface area contributed by atoms with Crippen LogP contribution in [-0.4, -0.2) is 6.71 Å². The summed E-state index contributed by atoms with van der Waals surface area (Å²) in [7, 11) is 0. The molecule has 5 aromatic rings. The summed E-state index contributed by atoms with van der Waals surface area (Å²) in [5, 5.41) is 0. The van der Waals surface area contributed by atoms with E-state index in [1.165, 1.54) is 60.9 Å². The number of hydrogen-bond donors (Lipinski definition) is 0. The first kappa shape index (κ1) is 27.7. The largest absolute Gasteiger partial charge is 0.243 e. The van der Waals surface area contributed by atoms with Gasteiger partial charge in [0.05, 0.1) is 0 Å². The van der Waals surface area contributed by atoms with E-state index in [2.05, 4.69) is 139 Å². The summed E-state index contributed by atoms with van der Waals surface area (Å²) in [6, 6.07) is 38.0. The summed E-state index contributed by atoms with van der Waals surface area (Å²) in [6.45, 7) is 14.7. The van der Waals surface area contributed by atoms with Gasteiger partial charge < -0.3 is 0 Å². The highest BCUT2D eigenvalue weighted by Gasteiger charge is 2.51. The second kappa shape index (κ2) is 9.83. The Bertz CT molecular complexity index is 1850. The van der Waals surface area contributed by atoms with Crippen LogP contribution >= 0.6 is 0 Å². The molecule has 2 aliphatic carbocycles. The predicted molar refractivity (Wildman–Crippen MR) is 189 cm³/mol. The highest BCUT2D eigenvalue weighted by molar-refractivity contribution is 6.97. The van der Waals surface area contributed by atoms with E-state index in [9.17, 15) is 0 Å². The van der Waals surface area contributed by atoms with Gasteiger partial charge in [0.2, 0.25) is 6.71 Å². The third kappa shape index (κ3) is 3.65. The molecule has 0 unspecified atom stereocenters. The van der Waals surface area contributed by atoms with Crippen LogP contribution < -0.4 is 16.4 Å². The van der Waals surface area contributed by atoms with Gasteiger partial charge in [0.25, 0.3) is 0 Å². The Hall–Kier alpha value is -3.84. The zero-order chi connectivity index (χ0) is 30.4. The number of rotatable bonds is 6. The van der Waals surface area contributed by atoms with E-state index in [1.54, 1.807) is 16.7 Å². The Balaban J connectivity index is 1.53. The minimum Gasteiger partial charge on any atom is -0.0666 e. The van der Waals surface area contributed by atoms with Gasteiger partial charge in [-0.15, -0.1) is 0 Å². The quantitative estimate of drug-likeness (QED) is 0.176. The molecule has 1 heteroatoms. The lowest BCUT2D eigenvalue weighted by Crippen LogP contribution is -2.62. The van der Waals surface area contributed by atoms with E-state index in [1.807, 2.05) is 0 Å². The smallest absolute Gasteiger partial charge is 0.0666 e. The molecule has 0 amide bonds. The molecule has 0 radical (unpaired) electrons. The number of hydrogen-bond acceptors (Lipinski definition) is 0. The van der Waals surface area contributed by atoms with Crippen molar-refractivity contribution in [2.24, 2.45) is 0 Å². The van der Waals surface area contributed by atoms with Crippen LogP contribution in [0.4, 0.5) is 0 Å². The SMILES string of the molecule is CCCc1cc(CCC)c(B2c3cccc4c3C3c5c2cccc5C(C)(C)c2cccc(c23)C4(C)C)c(-c2ccccc2)c1. The fraction of sp³-hybridized carbons (Fsp3) is 0.302. The molecule has 1 heterocycles. The molecule has 0 aromatic heterocycles. The van der Waals surface area contributed by atoms with E-state index < -0.39 is 0 Å². The second-order valence-electron chi connectivity index (χ2n) is 14.6. The van der Waals surface area contributed by atoms with E-state index in [4.69, 9.17) is 0 Å². The molecule has 8 rings (SSSR count). The van der Waals surface area contributed by atoms with Crippen LogP contribution in [0.5, 0.6) is 0 Å². The predicted octanol–water partition coefficient (Wildman–Crippen LogP) is 8.55. The average molecular weight is 571 g/mol. The first-order valence-electron chi connectivity index (χ1n) is 16.9. The molecule has 0 N–H and O–H groups in total. The molecule has 1 aliphatic heterocycles. The average Bonchev–Trinajstić information content (AvgIpc) is 3.03. The first-order valence-corrected chi connectivity index (χ1v) is 16.9.